The molecule has 0 amide bonds. The van der Waals surface area contributed by atoms with Crippen LogP contribution in [0.15, 0.2) is 24.4 Å². The van der Waals surface area contributed by atoms with E-state index in [9.17, 15) is 0 Å². The van der Waals surface area contributed by atoms with Crippen molar-refractivity contribution in [1.29, 1.82) is 0 Å². The molecule has 0 spiro atoms. The third-order valence-electron chi connectivity index (χ3n) is 2.10. The molecule has 78 valence electrons. The van der Waals surface area contributed by atoms with Gasteiger partial charge in [0.2, 0.25) is 0 Å². The number of imidazole rings is 1. The summed E-state index contributed by atoms with van der Waals surface area (Å²) in [7, 11) is 0. The fourth-order valence-electron chi connectivity index (χ4n) is 1.37. The van der Waals surface area contributed by atoms with E-state index in [-0.39, 0.29) is 0 Å². The SMILES string of the molecule is Nc1nc(Cl)c(CCc2ccccn2)[nH]1. The summed E-state index contributed by atoms with van der Waals surface area (Å²) in [4.78, 5) is 11.0. The first-order valence-electron chi connectivity index (χ1n) is 4.65. The lowest BCUT2D eigenvalue weighted by molar-refractivity contribution is 0.889. The highest BCUT2D eigenvalue weighted by Gasteiger charge is 2.06. The van der Waals surface area contributed by atoms with Crippen LogP contribution in [0.2, 0.25) is 5.15 Å². The Morgan fingerprint density at radius 1 is 1.33 bits per heavy atom. The second-order valence-electron chi connectivity index (χ2n) is 3.21. The van der Waals surface area contributed by atoms with Gasteiger partial charge in [-0.2, -0.15) is 0 Å². The molecule has 0 unspecified atom stereocenters. The van der Waals surface area contributed by atoms with Gasteiger partial charge in [-0.1, -0.05) is 17.7 Å². The van der Waals surface area contributed by atoms with E-state index < -0.39 is 0 Å². The Hall–Kier alpha value is -1.55. The summed E-state index contributed by atoms with van der Waals surface area (Å²) in [5.41, 5.74) is 7.37. The number of nitrogen functional groups attached to an aromatic ring is 1. The molecule has 0 bridgehead atoms. The van der Waals surface area contributed by atoms with Crippen molar-refractivity contribution in [1.82, 2.24) is 15.0 Å². The number of hydrogen-bond acceptors (Lipinski definition) is 3. The van der Waals surface area contributed by atoms with Gasteiger partial charge in [0, 0.05) is 11.9 Å². The van der Waals surface area contributed by atoms with Gasteiger partial charge in [-0.3, -0.25) is 4.98 Å². The van der Waals surface area contributed by atoms with Gasteiger partial charge in [-0.15, -0.1) is 0 Å². The molecule has 0 saturated carbocycles. The molecule has 0 aliphatic heterocycles. The minimum atomic E-state index is 0.357. The van der Waals surface area contributed by atoms with Gasteiger partial charge in [-0.25, -0.2) is 4.98 Å². The van der Waals surface area contributed by atoms with Crippen molar-refractivity contribution in [3.05, 3.63) is 40.9 Å². The molecule has 2 rings (SSSR count). The lowest BCUT2D eigenvalue weighted by Gasteiger charge is -1.98. The first kappa shape index (κ1) is 9.98. The van der Waals surface area contributed by atoms with E-state index in [1.54, 1.807) is 6.20 Å². The number of halogens is 1. The van der Waals surface area contributed by atoms with Crippen LogP contribution in [0.3, 0.4) is 0 Å². The normalized spacial score (nSPS) is 10.5. The summed E-state index contributed by atoms with van der Waals surface area (Å²) >= 11 is 5.87. The van der Waals surface area contributed by atoms with E-state index in [2.05, 4.69) is 15.0 Å². The maximum Gasteiger partial charge on any atom is 0.199 e. The van der Waals surface area contributed by atoms with Gasteiger partial charge in [0.05, 0.1) is 5.69 Å². The summed E-state index contributed by atoms with van der Waals surface area (Å²) in [6.45, 7) is 0. The van der Waals surface area contributed by atoms with Gasteiger partial charge in [0.25, 0.3) is 0 Å². The largest absolute Gasteiger partial charge is 0.369 e. The summed E-state index contributed by atoms with van der Waals surface area (Å²) in [5.74, 6) is 0.357. The maximum absolute atomic E-state index is 5.87. The molecule has 2 aromatic rings. The van der Waals surface area contributed by atoms with Gasteiger partial charge >= 0.3 is 0 Å². The quantitative estimate of drug-likeness (QED) is 0.833. The van der Waals surface area contributed by atoms with Crippen molar-refractivity contribution in [3.8, 4) is 0 Å². The Morgan fingerprint density at radius 2 is 2.20 bits per heavy atom. The Kier molecular flexibility index (Phi) is 2.87. The zero-order chi connectivity index (χ0) is 10.7. The molecular formula is C10H11ClN4. The predicted octanol–water partition coefficient (Wildman–Crippen LogP) is 1.83. The lowest BCUT2D eigenvalue weighted by atomic mass is 10.2. The van der Waals surface area contributed by atoms with Crippen LogP contribution < -0.4 is 5.73 Å². The van der Waals surface area contributed by atoms with Crippen LogP contribution in [0.5, 0.6) is 0 Å². The van der Waals surface area contributed by atoms with Crippen molar-refractivity contribution in [2.24, 2.45) is 0 Å². The molecule has 3 N–H and O–H groups in total. The number of aromatic amines is 1. The molecule has 2 heterocycles. The van der Waals surface area contributed by atoms with Crippen molar-refractivity contribution < 1.29 is 0 Å². The maximum atomic E-state index is 5.87. The topological polar surface area (TPSA) is 67.6 Å². The highest BCUT2D eigenvalue weighted by Crippen LogP contribution is 2.15. The molecule has 0 aromatic carbocycles. The van der Waals surface area contributed by atoms with Crippen LogP contribution in [0.4, 0.5) is 5.95 Å². The van der Waals surface area contributed by atoms with E-state index in [1.807, 2.05) is 18.2 Å². The van der Waals surface area contributed by atoms with Crippen molar-refractivity contribution in [2.75, 3.05) is 5.73 Å². The number of nitrogens with two attached hydrogens (primary N) is 1. The smallest absolute Gasteiger partial charge is 0.199 e. The van der Waals surface area contributed by atoms with E-state index in [0.29, 0.717) is 11.1 Å². The van der Waals surface area contributed by atoms with Crippen LogP contribution in [0.25, 0.3) is 0 Å². The molecule has 4 nitrogen and oxygen atoms in total. The number of H-pyrrole nitrogens is 1. The third-order valence-corrected chi connectivity index (χ3v) is 2.42. The third kappa shape index (κ3) is 2.47. The summed E-state index contributed by atoms with van der Waals surface area (Å²) in [6.07, 6.45) is 3.36. The van der Waals surface area contributed by atoms with Crippen LogP contribution in [-0.4, -0.2) is 15.0 Å². The summed E-state index contributed by atoms with van der Waals surface area (Å²) in [5, 5.41) is 0.448. The molecule has 2 aromatic heterocycles. The lowest BCUT2D eigenvalue weighted by Crippen LogP contribution is -1.95. The summed E-state index contributed by atoms with van der Waals surface area (Å²) in [6, 6.07) is 5.84. The van der Waals surface area contributed by atoms with Crippen LogP contribution in [-0.2, 0) is 12.8 Å². The van der Waals surface area contributed by atoms with Crippen LogP contribution in [0, 0.1) is 0 Å². The molecule has 0 radical (unpaired) electrons. The minimum Gasteiger partial charge on any atom is -0.369 e. The van der Waals surface area contributed by atoms with Crippen molar-refractivity contribution >= 4 is 17.5 Å². The molecule has 0 fully saturated rings. The number of hydrogen-bond donors (Lipinski definition) is 2. The molecule has 5 heteroatoms. The van der Waals surface area contributed by atoms with E-state index in [4.69, 9.17) is 17.3 Å². The van der Waals surface area contributed by atoms with Gasteiger partial charge in [0.15, 0.2) is 11.1 Å². The summed E-state index contributed by atoms with van der Waals surface area (Å²) < 4.78 is 0. The number of nitrogens with one attached hydrogen (secondary N) is 1. The van der Waals surface area contributed by atoms with Crippen LogP contribution in [0.1, 0.15) is 11.4 Å². The van der Waals surface area contributed by atoms with Crippen LogP contribution >= 0.6 is 11.6 Å². The van der Waals surface area contributed by atoms with E-state index in [0.717, 1.165) is 24.2 Å². The van der Waals surface area contributed by atoms with E-state index >= 15 is 0 Å². The molecular weight excluding hydrogens is 212 g/mol. The Bertz CT molecular complexity index is 438. The number of pyridine rings is 1. The Balaban J connectivity index is 2.02. The standard InChI is InChI=1S/C10H11ClN4/c11-9-8(14-10(12)15-9)5-4-7-3-1-2-6-13-7/h1-3,6H,4-5H2,(H3,12,14,15). The average molecular weight is 223 g/mol. The number of anilines is 1. The molecule has 0 atom stereocenters. The predicted molar refractivity (Wildman–Crippen MR) is 59.7 cm³/mol. The second kappa shape index (κ2) is 4.31. The molecule has 0 saturated heterocycles. The fraction of sp³-hybridized carbons (Fsp3) is 0.200. The van der Waals surface area contributed by atoms with E-state index in [1.165, 1.54) is 0 Å². The van der Waals surface area contributed by atoms with Gasteiger partial charge < -0.3 is 10.7 Å². The van der Waals surface area contributed by atoms with Gasteiger partial charge in [0.1, 0.15) is 0 Å². The highest BCUT2D eigenvalue weighted by molar-refractivity contribution is 6.30. The molecule has 0 aliphatic rings. The van der Waals surface area contributed by atoms with Gasteiger partial charge in [-0.05, 0) is 25.0 Å². The van der Waals surface area contributed by atoms with Crippen molar-refractivity contribution in [3.63, 3.8) is 0 Å². The number of rotatable bonds is 3. The average Bonchev–Trinajstić information content (AvgIpc) is 2.56. The molecule has 15 heavy (non-hydrogen) atoms. The number of aromatic nitrogens is 3. The minimum absolute atomic E-state index is 0.357. The first-order valence-corrected chi connectivity index (χ1v) is 5.03. The first-order chi connectivity index (χ1) is 7.25. The zero-order valence-corrected chi connectivity index (χ0v) is 8.83. The Morgan fingerprint density at radius 3 is 2.80 bits per heavy atom. The molecule has 0 aliphatic carbocycles. The number of aryl methyl sites for hydroxylation is 2. The fourth-order valence-corrected chi connectivity index (χ4v) is 1.60. The Labute approximate surface area is 92.5 Å². The van der Waals surface area contributed by atoms with Crippen molar-refractivity contribution in [2.45, 2.75) is 12.8 Å². The second-order valence-corrected chi connectivity index (χ2v) is 3.57. The zero-order valence-electron chi connectivity index (χ0n) is 8.07. The highest BCUT2D eigenvalue weighted by atomic mass is 35.5. The monoisotopic (exact) mass is 222 g/mol. The number of nitrogens with zero attached hydrogens (tertiary/aromatic N) is 2.